The third-order valence-corrected chi connectivity index (χ3v) is 6.40. The summed E-state index contributed by atoms with van der Waals surface area (Å²) < 4.78 is 5.33. The van der Waals surface area contributed by atoms with E-state index in [9.17, 15) is 24.3 Å². The number of carbonyl (C=O) groups is 4. The van der Waals surface area contributed by atoms with Crippen LogP contribution in [0.3, 0.4) is 0 Å². The fraction of sp³-hybridized carbons (Fsp3) is 0.484. The minimum absolute atomic E-state index is 0.0843. The molecule has 0 saturated carbocycles. The second-order valence-corrected chi connectivity index (χ2v) is 11.7. The quantitative estimate of drug-likeness (QED) is 0.289. The molecule has 4 amide bonds. The van der Waals surface area contributed by atoms with Gasteiger partial charge >= 0.3 is 6.09 Å². The van der Waals surface area contributed by atoms with Gasteiger partial charge in [-0.05, 0) is 82.7 Å². The number of nitrogens with zero attached hydrogens (tertiary/aromatic N) is 1. The Bertz CT molecular complexity index is 1220. The molecule has 2 aromatic carbocycles. The Morgan fingerprint density at radius 1 is 1.00 bits per heavy atom. The summed E-state index contributed by atoms with van der Waals surface area (Å²) in [5.74, 6) is -1.79. The Kier molecular flexibility index (Phi) is 11.7. The number of carbonyl (C=O) groups excluding carboxylic acids is 4. The normalized spacial score (nSPS) is 13.6. The van der Waals surface area contributed by atoms with Crippen molar-refractivity contribution in [3.05, 3.63) is 59.7 Å². The van der Waals surface area contributed by atoms with Gasteiger partial charge in [0, 0.05) is 11.7 Å². The minimum Gasteiger partial charge on any atom is -0.508 e. The van der Waals surface area contributed by atoms with E-state index in [1.807, 2.05) is 26.0 Å². The van der Waals surface area contributed by atoms with Gasteiger partial charge < -0.3 is 31.1 Å². The summed E-state index contributed by atoms with van der Waals surface area (Å²) in [7, 11) is 0. The van der Waals surface area contributed by atoms with Crippen molar-refractivity contribution in [2.75, 3.05) is 5.32 Å². The van der Waals surface area contributed by atoms with Crippen molar-refractivity contribution in [1.29, 1.82) is 0 Å². The number of anilines is 1. The van der Waals surface area contributed by atoms with E-state index in [1.54, 1.807) is 45.0 Å². The second-order valence-electron chi connectivity index (χ2n) is 11.7. The SMILES string of the molecule is Cc1ccccc1NC(=O)C(c1cccc(O)c1)N(C(=O)C(CC(N)=O)NC(=O)OC(C)(C)C)C(C)CCC(C)C. The second kappa shape index (κ2) is 14.5. The van der Waals surface area contributed by atoms with Crippen LogP contribution in [0.5, 0.6) is 5.75 Å². The van der Waals surface area contributed by atoms with Gasteiger partial charge in [0.2, 0.25) is 11.8 Å². The molecule has 0 radical (unpaired) electrons. The minimum atomic E-state index is -1.39. The van der Waals surface area contributed by atoms with Crippen LogP contribution in [-0.2, 0) is 19.1 Å². The maximum Gasteiger partial charge on any atom is 0.408 e. The number of nitrogens with one attached hydrogen (secondary N) is 2. The Hall–Kier alpha value is -4.08. The van der Waals surface area contributed by atoms with Gasteiger partial charge in [0.05, 0.1) is 6.42 Å². The molecule has 5 N–H and O–H groups in total. The van der Waals surface area contributed by atoms with E-state index in [0.717, 1.165) is 12.0 Å². The number of amides is 4. The molecule has 0 saturated heterocycles. The Morgan fingerprint density at radius 3 is 2.22 bits per heavy atom. The average molecular weight is 569 g/mol. The molecule has 0 bridgehead atoms. The van der Waals surface area contributed by atoms with Gasteiger partial charge in [-0.3, -0.25) is 14.4 Å². The van der Waals surface area contributed by atoms with Crippen LogP contribution in [0, 0.1) is 12.8 Å². The number of aryl methyl sites for hydroxylation is 1. The van der Waals surface area contributed by atoms with Gasteiger partial charge in [-0.25, -0.2) is 4.79 Å². The highest BCUT2D eigenvalue weighted by atomic mass is 16.6. The van der Waals surface area contributed by atoms with Gasteiger partial charge in [-0.1, -0.05) is 44.2 Å². The molecule has 3 unspecified atom stereocenters. The first-order valence-corrected chi connectivity index (χ1v) is 13.8. The third-order valence-electron chi connectivity index (χ3n) is 6.40. The highest BCUT2D eigenvalue weighted by Crippen LogP contribution is 2.31. The lowest BCUT2D eigenvalue weighted by atomic mass is 9.96. The van der Waals surface area contributed by atoms with Gasteiger partial charge in [0.25, 0.3) is 5.91 Å². The van der Waals surface area contributed by atoms with Gasteiger partial charge in [0.15, 0.2) is 0 Å². The molecular formula is C31H44N4O6. The fourth-order valence-electron chi connectivity index (χ4n) is 4.39. The summed E-state index contributed by atoms with van der Waals surface area (Å²) in [6, 6.07) is 10.2. The highest BCUT2D eigenvalue weighted by Gasteiger charge is 2.39. The zero-order chi connectivity index (χ0) is 30.9. The number of primary amides is 1. The van der Waals surface area contributed by atoms with E-state index < -0.39 is 54.0 Å². The van der Waals surface area contributed by atoms with Crippen LogP contribution in [0.25, 0.3) is 0 Å². The maximum absolute atomic E-state index is 14.3. The molecular weight excluding hydrogens is 524 g/mol. The molecule has 224 valence electrons. The molecule has 0 aliphatic rings. The number of benzene rings is 2. The van der Waals surface area contributed by atoms with Gasteiger partial charge in [-0.2, -0.15) is 0 Å². The predicted molar refractivity (Wildman–Crippen MR) is 158 cm³/mol. The van der Waals surface area contributed by atoms with Crippen LogP contribution < -0.4 is 16.4 Å². The summed E-state index contributed by atoms with van der Waals surface area (Å²) in [5, 5.41) is 15.7. The number of phenols is 1. The maximum atomic E-state index is 14.3. The van der Waals surface area contributed by atoms with E-state index in [1.165, 1.54) is 17.0 Å². The molecule has 0 spiro atoms. The molecule has 3 atom stereocenters. The predicted octanol–water partition coefficient (Wildman–Crippen LogP) is 4.80. The van der Waals surface area contributed by atoms with Crippen molar-refractivity contribution in [1.82, 2.24) is 10.2 Å². The number of rotatable bonds is 12. The Labute approximate surface area is 242 Å². The largest absolute Gasteiger partial charge is 0.508 e. The lowest BCUT2D eigenvalue weighted by molar-refractivity contribution is -0.144. The number of alkyl carbamates (subject to hydrolysis) is 1. The van der Waals surface area contributed by atoms with E-state index in [2.05, 4.69) is 24.5 Å². The van der Waals surface area contributed by atoms with Crippen LogP contribution in [0.4, 0.5) is 10.5 Å². The van der Waals surface area contributed by atoms with Crippen LogP contribution in [0.1, 0.15) is 78.0 Å². The zero-order valence-electron chi connectivity index (χ0n) is 25.1. The lowest BCUT2D eigenvalue weighted by Crippen LogP contribution is -2.55. The van der Waals surface area contributed by atoms with E-state index in [4.69, 9.17) is 10.5 Å². The van der Waals surface area contributed by atoms with Crippen LogP contribution >= 0.6 is 0 Å². The first-order chi connectivity index (χ1) is 19.1. The summed E-state index contributed by atoms with van der Waals surface area (Å²) in [4.78, 5) is 54.4. The van der Waals surface area contributed by atoms with Crippen LogP contribution in [-0.4, -0.2) is 51.5 Å². The number of aromatic hydroxyl groups is 1. The zero-order valence-corrected chi connectivity index (χ0v) is 25.1. The number of para-hydroxylation sites is 1. The van der Waals surface area contributed by atoms with Crippen molar-refractivity contribution < 1.29 is 29.0 Å². The Morgan fingerprint density at radius 2 is 1.66 bits per heavy atom. The summed E-state index contributed by atoms with van der Waals surface area (Å²) in [6.07, 6.45) is -0.119. The van der Waals surface area contributed by atoms with E-state index >= 15 is 0 Å². The average Bonchev–Trinajstić information content (AvgIpc) is 2.84. The molecule has 10 heteroatoms. The molecule has 0 heterocycles. The van der Waals surface area contributed by atoms with Crippen molar-refractivity contribution in [2.45, 2.75) is 91.5 Å². The first kappa shape index (κ1) is 33.1. The summed E-state index contributed by atoms with van der Waals surface area (Å²) >= 11 is 0. The molecule has 0 aliphatic carbocycles. The third kappa shape index (κ3) is 10.4. The van der Waals surface area contributed by atoms with Crippen molar-refractivity contribution >= 4 is 29.5 Å². The number of ether oxygens (including phenoxy) is 1. The van der Waals surface area contributed by atoms with E-state index in [0.29, 0.717) is 23.6 Å². The molecule has 0 fully saturated rings. The highest BCUT2D eigenvalue weighted by molar-refractivity contribution is 6.00. The molecule has 2 aromatic rings. The number of hydrogen-bond acceptors (Lipinski definition) is 6. The van der Waals surface area contributed by atoms with Crippen molar-refractivity contribution in [3.63, 3.8) is 0 Å². The summed E-state index contributed by atoms with van der Waals surface area (Å²) in [5.41, 5.74) is 6.36. The monoisotopic (exact) mass is 568 g/mol. The molecule has 10 nitrogen and oxygen atoms in total. The van der Waals surface area contributed by atoms with Crippen LogP contribution in [0.2, 0.25) is 0 Å². The first-order valence-electron chi connectivity index (χ1n) is 13.8. The smallest absolute Gasteiger partial charge is 0.408 e. The Balaban J connectivity index is 2.65. The number of hydrogen-bond donors (Lipinski definition) is 4. The van der Waals surface area contributed by atoms with Crippen LogP contribution in [0.15, 0.2) is 48.5 Å². The van der Waals surface area contributed by atoms with E-state index in [-0.39, 0.29) is 5.75 Å². The number of phenolic OH excluding ortho intramolecular Hbond substituents is 1. The topological polar surface area (TPSA) is 151 Å². The van der Waals surface area contributed by atoms with Crippen molar-refractivity contribution in [3.8, 4) is 5.75 Å². The standard InChI is InChI=1S/C31H44N4O6/c1-19(2)15-16-21(4)35(29(39)25(18-26(32)37)34-30(40)41-31(5,6)7)27(22-12-10-13-23(36)17-22)28(38)33-24-14-9-8-11-20(24)3/h8-14,17,19,21,25,27,36H,15-16,18H2,1-7H3,(H2,32,37)(H,33,38)(H,34,40). The number of nitrogens with two attached hydrogens (primary N) is 1. The summed E-state index contributed by atoms with van der Waals surface area (Å²) in [6.45, 7) is 12.8. The molecule has 0 aromatic heterocycles. The molecule has 41 heavy (non-hydrogen) atoms. The molecule has 0 aliphatic heterocycles. The van der Waals surface area contributed by atoms with Gasteiger partial charge in [-0.15, -0.1) is 0 Å². The molecule has 2 rings (SSSR count). The lowest BCUT2D eigenvalue weighted by Gasteiger charge is -2.38. The van der Waals surface area contributed by atoms with Gasteiger partial charge in [0.1, 0.15) is 23.4 Å². The van der Waals surface area contributed by atoms with Crippen molar-refractivity contribution in [2.24, 2.45) is 11.7 Å². The fourth-order valence-corrected chi connectivity index (χ4v) is 4.39.